The fraction of sp³-hybridized carbons (Fsp3) is 0.542. The maximum absolute atomic E-state index is 13.1. The van der Waals surface area contributed by atoms with E-state index in [4.69, 9.17) is 34.8 Å². The number of aliphatic hydroxyl groups excluding tert-OH is 1. The fourth-order valence-electron chi connectivity index (χ4n) is 5.44. The van der Waals surface area contributed by atoms with Gasteiger partial charge in [-0.3, -0.25) is 14.5 Å². The Kier molecular flexibility index (Phi) is 7.91. The summed E-state index contributed by atoms with van der Waals surface area (Å²) in [6.45, 7) is 4.32. The van der Waals surface area contributed by atoms with Crippen LogP contribution in [0.3, 0.4) is 0 Å². The molecule has 0 bridgehead atoms. The van der Waals surface area contributed by atoms with Crippen LogP contribution in [0.1, 0.15) is 25.8 Å². The standard InChI is InChI=1S/C24H28Cl3N3O5S/c1-10-19-18(11(2)31)23(33)30(19)20(24(34)35)21(10)36-13-6-17(22(32)28(3)4)29(9-13)8-12-5-15(26)16(27)7-14(12)25/h5,7,10-11,13,17-19,31H,6,8-9H2,1-4H3,(H,34,35)/t10-,11-,13+,17+,18-,19-/m1/s1. The van der Waals surface area contributed by atoms with Gasteiger partial charge in [-0.25, -0.2) is 4.79 Å². The maximum Gasteiger partial charge on any atom is 0.353 e. The number of aliphatic carboxylic acids is 1. The molecule has 196 valence electrons. The molecule has 1 aromatic carbocycles. The van der Waals surface area contributed by atoms with Gasteiger partial charge in [-0.2, -0.15) is 0 Å². The SMILES string of the molecule is C[C@@H](O)[C@H]1C(=O)N2C(C(=O)O)=C(S[C@H]3C[C@@H](C(=O)N(C)C)N(Cc4cc(Cl)c(Cl)cc4Cl)C3)[C@H](C)[C@H]12. The summed E-state index contributed by atoms with van der Waals surface area (Å²) in [6, 6.07) is 2.46. The third kappa shape index (κ3) is 4.74. The number of carboxylic acids is 1. The van der Waals surface area contributed by atoms with Crippen LogP contribution in [0.15, 0.2) is 22.7 Å². The van der Waals surface area contributed by atoms with E-state index >= 15 is 0 Å². The number of carbonyl (C=O) groups is 3. The van der Waals surface area contributed by atoms with Crippen LogP contribution in [0.25, 0.3) is 0 Å². The minimum absolute atomic E-state index is 0.0131. The first-order valence-corrected chi connectivity index (χ1v) is 13.6. The van der Waals surface area contributed by atoms with Gasteiger partial charge in [0.1, 0.15) is 5.70 Å². The summed E-state index contributed by atoms with van der Waals surface area (Å²) < 4.78 is 0. The zero-order chi connectivity index (χ0) is 26.6. The number of β-lactam (4-membered cyclic amide) rings is 1. The maximum atomic E-state index is 13.1. The number of hydrogen-bond donors (Lipinski definition) is 2. The Balaban J connectivity index is 1.60. The quantitative estimate of drug-likeness (QED) is 0.378. The van der Waals surface area contributed by atoms with Gasteiger partial charge >= 0.3 is 5.97 Å². The predicted octanol–water partition coefficient (Wildman–Crippen LogP) is 3.56. The number of benzene rings is 1. The third-order valence-corrected chi connectivity index (χ3v) is 9.73. The van der Waals surface area contributed by atoms with Gasteiger partial charge < -0.3 is 20.0 Å². The number of carbonyl (C=O) groups excluding carboxylic acids is 2. The Morgan fingerprint density at radius 1 is 1.19 bits per heavy atom. The number of aliphatic hydroxyl groups is 1. The molecule has 0 radical (unpaired) electrons. The lowest BCUT2D eigenvalue weighted by molar-refractivity contribution is -0.163. The summed E-state index contributed by atoms with van der Waals surface area (Å²) in [6.07, 6.45) is -0.358. The van der Waals surface area contributed by atoms with Crippen molar-refractivity contribution in [2.24, 2.45) is 11.8 Å². The van der Waals surface area contributed by atoms with Gasteiger partial charge in [0.05, 0.1) is 34.2 Å². The molecule has 2 fully saturated rings. The Morgan fingerprint density at radius 2 is 1.83 bits per heavy atom. The monoisotopic (exact) mass is 575 g/mol. The van der Waals surface area contributed by atoms with Crippen LogP contribution in [0, 0.1) is 11.8 Å². The van der Waals surface area contributed by atoms with E-state index in [1.807, 2.05) is 11.8 Å². The van der Waals surface area contributed by atoms with E-state index in [1.54, 1.807) is 38.1 Å². The number of fused-ring (bicyclic) bond motifs is 1. The number of halogens is 3. The molecule has 3 aliphatic rings. The van der Waals surface area contributed by atoms with Gasteiger partial charge in [-0.1, -0.05) is 41.7 Å². The van der Waals surface area contributed by atoms with E-state index in [1.165, 1.54) is 16.7 Å². The number of amides is 2. The summed E-state index contributed by atoms with van der Waals surface area (Å²) in [5.74, 6) is -2.44. The molecule has 36 heavy (non-hydrogen) atoms. The van der Waals surface area contributed by atoms with Crippen LogP contribution in [0.2, 0.25) is 15.1 Å². The summed E-state index contributed by atoms with van der Waals surface area (Å²) in [7, 11) is 3.40. The molecule has 12 heteroatoms. The molecule has 8 nitrogen and oxygen atoms in total. The van der Waals surface area contributed by atoms with E-state index < -0.39 is 24.0 Å². The number of likely N-dealkylation sites (tertiary alicyclic amines) is 1. The van der Waals surface area contributed by atoms with Gasteiger partial charge in [-0.15, -0.1) is 11.8 Å². The normalized spacial score (nSPS) is 28.8. The molecule has 3 heterocycles. The number of thioether (sulfide) groups is 1. The highest BCUT2D eigenvalue weighted by molar-refractivity contribution is 8.03. The molecule has 3 aliphatic heterocycles. The summed E-state index contributed by atoms with van der Waals surface area (Å²) >= 11 is 20.1. The Hall–Kier alpha value is -1.49. The molecule has 0 unspecified atom stereocenters. The van der Waals surface area contributed by atoms with Crippen LogP contribution >= 0.6 is 46.6 Å². The molecule has 0 aromatic heterocycles. The lowest BCUT2D eigenvalue weighted by Gasteiger charge is -2.46. The van der Waals surface area contributed by atoms with Gasteiger partial charge in [0, 0.05) is 48.3 Å². The van der Waals surface area contributed by atoms with Crippen molar-refractivity contribution >= 4 is 64.3 Å². The summed E-state index contributed by atoms with van der Waals surface area (Å²) in [4.78, 5) is 43.4. The summed E-state index contributed by atoms with van der Waals surface area (Å²) in [5.41, 5.74) is 0.725. The van der Waals surface area contributed by atoms with Crippen LogP contribution in [-0.2, 0) is 20.9 Å². The van der Waals surface area contributed by atoms with Gasteiger partial charge in [-0.05, 0) is 31.0 Å². The second kappa shape index (κ2) is 10.3. The Bertz CT molecular complexity index is 1140. The number of likely N-dealkylation sites (N-methyl/N-ethyl adjacent to an activating group) is 1. The van der Waals surface area contributed by atoms with Crippen molar-refractivity contribution in [3.05, 3.63) is 43.4 Å². The molecular weight excluding hydrogens is 549 g/mol. The average molecular weight is 577 g/mol. The third-order valence-electron chi connectivity index (χ3n) is 7.16. The van der Waals surface area contributed by atoms with E-state index in [0.29, 0.717) is 39.5 Å². The zero-order valence-electron chi connectivity index (χ0n) is 20.2. The molecule has 0 spiro atoms. The molecule has 2 N–H and O–H groups in total. The highest BCUT2D eigenvalue weighted by Crippen LogP contribution is 2.52. The number of carboxylic acid groups (broad SMARTS) is 1. The predicted molar refractivity (Wildman–Crippen MR) is 140 cm³/mol. The Morgan fingerprint density at radius 3 is 2.42 bits per heavy atom. The van der Waals surface area contributed by atoms with E-state index in [0.717, 1.165) is 5.56 Å². The van der Waals surface area contributed by atoms with Crippen molar-refractivity contribution in [3.8, 4) is 0 Å². The first kappa shape index (κ1) is 27.5. The molecule has 0 saturated carbocycles. The van der Waals surface area contributed by atoms with Gasteiger partial charge in [0.2, 0.25) is 11.8 Å². The van der Waals surface area contributed by atoms with Gasteiger partial charge in [0.15, 0.2) is 0 Å². The smallest absolute Gasteiger partial charge is 0.353 e. The molecule has 2 saturated heterocycles. The van der Waals surface area contributed by atoms with Crippen molar-refractivity contribution in [1.29, 1.82) is 0 Å². The molecular formula is C24H28Cl3N3O5S. The first-order valence-electron chi connectivity index (χ1n) is 11.6. The molecule has 2 amide bonds. The largest absolute Gasteiger partial charge is 0.477 e. The topological polar surface area (TPSA) is 101 Å². The second-order valence-electron chi connectivity index (χ2n) is 9.78. The molecule has 0 aliphatic carbocycles. The van der Waals surface area contributed by atoms with Crippen molar-refractivity contribution in [1.82, 2.24) is 14.7 Å². The second-order valence-corrected chi connectivity index (χ2v) is 12.3. The van der Waals surface area contributed by atoms with Crippen LogP contribution in [0.5, 0.6) is 0 Å². The zero-order valence-corrected chi connectivity index (χ0v) is 23.3. The molecule has 6 atom stereocenters. The number of rotatable bonds is 7. The van der Waals surface area contributed by atoms with Gasteiger partial charge in [0.25, 0.3) is 0 Å². The highest BCUT2D eigenvalue weighted by Gasteiger charge is 2.60. The molecule has 4 rings (SSSR count). The van der Waals surface area contributed by atoms with Crippen molar-refractivity contribution in [3.63, 3.8) is 0 Å². The fourth-order valence-corrected chi connectivity index (χ4v) is 7.62. The lowest BCUT2D eigenvalue weighted by atomic mass is 9.79. The van der Waals surface area contributed by atoms with Crippen LogP contribution in [-0.4, -0.2) is 86.8 Å². The number of hydrogen-bond acceptors (Lipinski definition) is 6. The lowest BCUT2D eigenvalue weighted by Crippen LogP contribution is -2.63. The van der Waals surface area contributed by atoms with E-state index in [-0.39, 0.29) is 34.7 Å². The Labute approximate surface area is 229 Å². The highest BCUT2D eigenvalue weighted by atomic mass is 35.5. The van der Waals surface area contributed by atoms with E-state index in [9.17, 15) is 24.6 Å². The van der Waals surface area contributed by atoms with Crippen LogP contribution < -0.4 is 0 Å². The first-order chi connectivity index (χ1) is 16.8. The average Bonchev–Trinajstić information content (AvgIpc) is 3.28. The minimum atomic E-state index is -1.16. The van der Waals surface area contributed by atoms with E-state index in [2.05, 4.69) is 0 Å². The molecule has 1 aromatic rings. The van der Waals surface area contributed by atoms with Crippen molar-refractivity contribution in [2.45, 2.75) is 50.3 Å². The summed E-state index contributed by atoms with van der Waals surface area (Å²) in [5, 5.41) is 21.1. The minimum Gasteiger partial charge on any atom is -0.477 e. The number of nitrogens with zero attached hydrogens (tertiary/aromatic N) is 3. The van der Waals surface area contributed by atoms with Crippen LogP contribution in [0.4, 0.5) is 0 Å². The van der Waals surface area contributed by atoms with Crippen molar-refractivity contribution < 1.29 is 24.6 Å². The van der Waals surface area contributed by atoms with Crippen molar-refractivity contribution in [2.75, 3.05) is 20.6 Å².